The second kappa shape index (κ2) is 10.6. The number of aromatic nitrogens is 2. The van der Waals surface area contributed by atoms with Crippen molar-refractivity contribution in [2.45, 2.75) is 25.6 Å². The first-order chi connectivity index (χ1) is 20.2. The lowest BCUT2D eigenvalue weighted by Gasteiger charge is -2.45. The second-order valence-electron chi connectivity index (χ2n) is 10.7. The fourth-order valence-electron chi connectivity index (χ4n) is 5.39. The van der Waals surface area contributed by atoms with Gasteiger partial charge in [0.15, 0.2) is 0 Å². The third-order valence-electron chi connectivity index (χ3n) is 7.45. The molecule has 0 atom stereocenters. The van der Waals surface area contributed by atoms with Crippen molar-refractivity contribution in [3.05, 3.63) is 89.2 Å². The van der Waals surface area contributed by atoms with E-state index in [1.54, 1.807) is 50.4 Å². The summed E-state index contributed by atoms with van der Waals surface area (Å²) in [6, 6.07) is 14.0. The molecule has 2 aromatic carbocycles. The number of carbonyl (C=O) groups is 1. The summed E-state index contributed by atoms with van der Waals surface area (Å²) in [5.74, 6) is -0.197. The Morgan fingerprint density at radius 3 is 2.43 bits per heavy atom. The highest BCUT2D eigenvalue weighted by atomic mass is 19.1. The molecule has 4 aromatic rings. The van der Waals surface area contributed by atoms with Gasteiger partial charge in [0.05, 0.1) is 73.0 Å². The summed E-state index contributed by atoms with van der Waals surface area (Å²) in [6.07, 6.45) is 1.67. The van der Waals surface area contributed by atoms with E-state index in [4.69, 9.17) is 9.47 Å². The quantitative estimate of drug-likeness (QED) is 0.307. The first kappa shape index (κ1) is 27.4. The maximum atomic E-state index is 14.8. The van der Waals surface area contributed by atoms with Crippen molar-refractivity contribution in [2.24, 2.45) is 0 Å². The first-order valence-electron chi connectivity index (χ1n) is 13.3. The van der Waals surface area contributed by atoms with Crippen LogP contribution < -0.4 is 19.7 Å². The summed E-state index contributed by atoms with van der Waals surface area (Å²) in [5, 5.41) is 13.2. The van der Waals surface area contributed by atoms with E-state index in [1.807, 2.05) is 17.0 Å². The van der Waals surface area contributed by atoms with E-state index in [2.05, 4.69) is 15.3 Å². The highest BCUT2D eigenvalue weighted by Gasteiger charge is 2.37. The Hall–Kier alpha value is -4.77. The fraction of sp³-hybridized carbons (Fsp3) is 0.258. The van der Waals surface area contributed by atoms with Crippen LogP contribution in [0.1, 0.15) is 28.5 Å². The number of ether oxygens (including phenoxy) is 2. The SMILES string of the molecule is COc1ccc(CN2Cc3nc(-c4c(F)cccc4F)cc(Nc4ccc(N5CC(C)(O)C5)cn4)c3C2=O)c(OC)c1. The summed E-state index contributed by atoms with van der Waals surface area (Å²) in [4.78, 5) is 26.4. The average Bonchev–Trinajstić information content (AvgIpc) is 3.27. The van der Waals surface area contributed by atoms with Crippen molar-refractivity contribution >= 4 is 23.1 Å². The van der Waals surface area contributed by atoms with Gasteiger partial charge in [0, 0.05) is 24.7 Å². The number of benzene rings is 2. The molecule has 0 saturated carbocycles. The van der Waals surface area contributed by atoms with Crippen LogP contribution in [0.25, 0.3) is 11.3 Å². The van der Waals surface area contributed by atoms with Gasteiger partial charge in [-0.2, -0.15) is 0 Å². The van der Waals surface area contributed by atoms with Gasteiger partial charge in [0.1, 0.15) is 29.0 Å². The van der Waals surface area contributed by atoms with Crippen LogP contribution in [0.4, 0.5) is 26.0 Å². The van der Waals surface area contributed by atoms with E-state index in [1.165, 1.54) is 24.3 Å². The molecular formula is C31H29F2N5O4. The summed E-state index contributed by atoms with van der Waals surface area (Å²) in [6.45, 7) is 3.12. The van der Waals surface area contributed by atoms with Crippen molar-refractivity contribution < 1.29 is 28.2 Å². The molecule has 4 heterocycles. The van der Waals surface area contributed by atoms with Crippen molar-refractivity contribution in [1.29, 1.82) is 0 Å². The third kappa shape index (κ3) is 5.07. The first-order valence-corrected chi connectivity index (χ1v) is 13.3. The minimum atomic E-state index is -0.759. The molecular weight excluding hydrogens is 544 g/mol. The van der Waals surface area contributed by atoms with Gasteiger partial charge in [-0.1, -0.05) is 6.07 Å². The number of anilines is 3. The molecule has 216 valence electrons. The fourth-order valence-corrected chi connectivity index (χ4v) is 5.39. The Balaban J connectivity index is 1.35. The molecule has 1 fully saturated rings. The van der Waals surface area contributed by atoms with Crippen molar-refractivity contribution in [1.82, 2.24) is 14.9 Å². The van der Waals surface area contributed by atoms with E-state index in [-0.39, 0.29) is 30.3 Å². The molecule has 0 spiro atoms. The minimum absolute atomic E-state index is 0.0583. The molecule has 0 radical (unpaired) electrons. The Bertz CT molecular complexity index is 1650. The van der Waals surface area contributed by atoms with Gasteiger partial charge in [-0.05, 0) is 49.4 Å². The number of β-amino-alcohol motifs (C(OH)–C–C–N with tert-alkyl or cyclic N) is 1. The standard InChI is InChI=1S/C31H29F2N5O4/c1-31(40)16-38(17-31)19-8-10-27(34-13-19)36-24-12-23(28-21(32)5-4-6-22(28)33)35-25-15-37(30(39)29(24)25)14-18-7-9-20(41-2)11-26(18)42-3/h4-13,40H,14-17H2,1-3H3,(H,34,35,36). The molecule has 9 nitrogen and oxygen atoms in total. The van der Waals surface area contributed by atoms with E-state index < -0.39 is 17.2 Å². The van der Waals surface area contributed by atoms with Crippen LogP contribution in [-0.2, 0) is 13.1 Å². The molecule has 2 aliphatic heterocycles. The van der Waals surface area contributed by atoms with Crippen molar-refractivity contribution in [3.8, 4) is 22.8 Å². The van der Waals surface area contributed by atoms with Crippen LogP contribution in [0.2, 0.25) is 0 Å². The van der Waals surface area contributed by atoms with Gasteiger partial charge in [-0.25, -0.2) is 18.7 Å². The molecule has 0 unspecified atom stereocenters. The normalized spacial score (nSPS) is 15.3. The van der Waals surface area contributed by atoms with Crippen LogP contribution in [-0.4, -0.2) is 58.8 Å². The topological polar surface area (TPSA) is 100 Å². The zero-order valence-corrected chi connectivity index (χ0v) is 23.3. The van der Waals surface area contributed by atoms with Crippen molar-refractivity contribution in [3.63, 3.8) is 0 Å². The lowest BCUT2D eigenvalue weighted by molar-refractivity contribution is 0.0310. The zero-order chi connectivity index (χ0) is 29.6. The monoisotopic (exact) mass is 573 g/mol. The van der Waals surface area contributed by atoms with Crippen LogP contribution >= 0.6 is 0 Å². The number of fused-ring (bicyclic) bond motifs is 1. The largest absolute Gasteiger partial charge is 0.497 e. The molecule has 2 N–H and O–H groups in total. The molecule has 0 bridgehead atoms. The maximum Gasteiger partial charge on any atom is 0.258 e. The molecule has 0 aliphatic carbocycles. The summed E-state index contributed by atoms with van der Waals surface area (Å²) < 4.78 is 40.4. The Morgan fingerprint density at radius 1 is 1.02 bits per heavy atom. The lowest BCUT2D eigenvalue weighted by Crippen LogP contribution is -2.60. The van der Waals surface area contributed by atoms with Gasteiger partial charge in [0.2, 0.25) is 0 Å². The number of rotatable bonds is 8. The Kier molecular flexibility index (Phi) is 6.90. The highest BCUT2D eigenvalue weighted by Crippen LogP contribution is 2.37. The Labute approximate surface area is 241 Å². The number of methoxy groups -OCH3 is 2. The maximum absolute atomic E-state index is 14.8. The molecule has 2 aromatic heterocycles. The molecule has 6 rings (SSSR count). The number of halogens is 2. The number of pyridine rings is 2. The molecule has 1 saturated heterocycles. The lowest BCUT2D eigenvalue weighted by atomic mass is 9.96. The van der Waals surface area contributed by atoms with Gasteiger partial charge in [0.25, 0.3) is 5.91 Å². The molecule has 11 heteroatoms. The third-order valence-corrected chi connectivity index (χ3v) is 7.45. The van der Waals surface area contributed by atoms with Crippen LogP contribution in [0.15, 0.2) is 60.8 Å². The van der Waals surface area contributed by atoms with Gasteiger partial charge in [-0.15, -0.1) is 0 Å². The van der Waals surface area contributed by atoms with Gasteiger partial charge in [-0.3, -0.25) is 4.79 Å². The Morgan fingerprint density at radius 2 is 1.79 bits per heavy atom. The number of amides is 1. The summed E-state index contributed by atoms with van der Waals surface area (Å²) >= 11 is 0. The van der Waals surface area contributed by atoms with Crippen molar-refractivity contribution in [2.75, 3.05) is 37.5 Å². The van der Waals surface area contributed by atoms with Gasteiger partial charge >= 0.3 is 0 Å². The highest BCUT2D eigenvalue weighted by molar-refractivity contribution is 6.04. The molecule has 42 heavy (non-hydrogen) atoms. The van der Waals surface area contributed by atoms with E-state index >= 15 is 0 Å². The summed E-state index contributed by atoms with van der Waals surface area (Å²) in [5.41, 5.74) is 1.67. The van der Waals surface area contributed by atoms with Gasteiger partial charge < -0.3 is 29.7 Å². The van der Waals surface area contributed by atoms with E-state index in [0.717, 1.165) is 11.3 Å². The van der Waals surface area contributed by atoms with E-state index in [0.29, 0.717) is 47.4 Å². The minimum Gasteiger partial charge on any atom is -0.497 e. The van der Waals surface area contributed by atoms with Crippen LogP contribution in [0.5, 0.6) is 11.5 Å². The number of nitrogens with one attached hydrogen (secondary N) is 1. The number of hydrogen-bond acceptors (Lipinski definition) is 8. The van der Waals surface area contributed by atoms with Crippen LogP contribution in [0.3, 0.4) is 0 Å². The average molecular weight is 574 g/mol. The summed E-state index contributed by atoms with van der Waals surface area (Å²) in [7, 11) is 3.10. The predicted octanol–water partition coefficient (Wildman–Crippen LogP) is 4.91. The second-order valence-corrected chi connectivity index (χ2v) is 10.7. The molecule has 1 amide bonds. The smallest absolute Gasteiger partial charge is 0.258 e. The zero-order valence-electron chi connectivity index (χ0n) is 23.3. The van der Waals surface area contributed by atoms with Crippen LogP contribution in [0, 0.1) is 11.6 Å². The number of aliphatic hydroxyl groups is 1. The number of hydrogen-bond donors (Lipinski definition) is 2. The number of nitrogens with zero attached hydrogens (tertiary/aromatic N) is 4. The van der Waals surface area contributed by atoms with E-state index in [9.17, 15) is 18.7 Å². The number of carbonyl (C=O) groups excluding carboxylic acids is 1. The predicted molar refractivity (Wildman–Crippen MR) is 153 cm³/mol. The molecule has 2 aliphatic rings.